The van der Waals surface area contributed by atoms with Gasteiger partial charge in [0.2, 0.25) is 0 Å². The van der Waals surface area contributed by atoms with Crippen molar-refractivity contribution in [2.75, 3.05) is 13.1 Å². The van der Waals surface area contributed by atoms with Crippen LogP contribution in [0.2, 0.25) is 0 Å². The van der Waals surface area contributed by atoms with Crippen molar-refractivity contribution in [3.8, 4) is 11.3 Å². The van der Waals surface area contributed by atoms with E-state index < -0.39 is 0 Å². The Bertz CT molecular complexity index is 1170. The summed E-state index contributed by atoms with van der Waals surface area (Å²) in [5.74, 6) is 1.42. The number of nitrogens with zero attached hydrogens (tertiary/aromatic N) is 5. The Morgan fingerprint density at radius 2 is 1.87 bits per heavy atom. The lowest BCUT2D eigenvalue weighted by Crippen LogP contribution is -2.33. The highest BCUT2D eigenvalue weighted by Gasteiger charge is 2.24. The fourth-order valence-electron chi connectivity index (χ4n) is 4.49. The Morgan fingerprint density at radius 3 is 2.63 bits per heavy atom. The monoisotopic (exact) mass is 418 g/mol. The van der Waals surface area contributed by atoms with E-state index >= 15 is 0 Å². The predicted octanol–water partition coefficient (Wildman–Crippen LogP) is 4.78. The standard InChI is InChI=1S/C23H26N6S/c1-14-18-6-4-5-7-19(18)25-22(24-14)13-29-10-8-17(9-11-29)20-12-21(27-26-20)23-15(2)28-30-16(23)3/h4-7,12,17H,8-11,13H2,1-3H3,(H,26,27). The summed E-state index contributed by atoms with van der Waals surface area (Å²) in [5, 5.41) is 9.03. The molecule has 0 radical (unpaired) electrons. The molecule has 30 heavy (non-hydrogen) atoms. The van der Waals surface area contributed by atoms with E-state index in [0.29, 0.717) is 5.92 Å². The molecule has 3 aromatic heterocycles. The second-order valence-electron chi connectivity index (χ2n) is 8.20. The molecule has 6 nitrogen and oxygen atoms in total. The van der Waals surface area contributed by atoms with Gasteiger partial charge >= 0.3 is 0 Å². The van der Waals surface area contributed by atoms with Gasteiger partial charge in [0, 0.05) is 27.4 Å². The van der Waals surface area contributed by atoms with Crippen LogP contribution in [0.4, 0.5) is 0 Å². The molecule has 0 aliphatic carbocycles. The summed E-state index contributed by atoms with van der Waals surface area (Å²) >= 11 is 1.56. The number of benzene rings is 1. The van der Waals surface area contributed by atoms with Crippen LogP contribution in [-0.2, 0) is 6.54 Å². The van der Waals surface area contributed by atoms with Crippen molar-refractivity contribution in [2.45, 2.75) is 46.1 Å². The molecule has 1 aliphatic heterocycles. The van der Waals surface area contributed by atoms with Gasteiger partial charge in [-0.05, 0) is 70.4 Å². The first-order valence-corrected chi connectivity index (χ1v) is 11.3. The van der Waals surface area contributed by atoms with E-state index in [9.17, 15) is 0 Å². The molecule has 7 heteroatoms. The van der Waals surface area contributed by atoms with E-state index in [4.69, 9.17) is 9.97 Å². The molecule has 1 N–H and O–H groups in total. The van der Waals surface area contributed by atoms with Crippen molar-refractivity contribution in [1.82, 2.24) is 29.4 Å². The highest BCUT2D eigenvalue weighted by atomic mass is 32.1. The molecule has 4 aromatic rings. The van der Waals surface area contributed by atoms with Gasteiger partial charge in [-0.3, -0.25) is 10.00 Å². The largest absolute Gasteiger partial charge is 0.296 e. The number of aromatic nitrogens is 5. The van der Waals surface area contributed by atoms with Crippen LogP contribution in [0.1, 0.15) is 46.5 Å². The van der Waals surface area contributed by atoms with Crippen molar-refractivity contribution in [2.24, 2.45) is 0 Å². The number of aromatic amines is 1. The molecule has 1 fully saturated rings. The lowest BCUT2D eigenvalue weighted by Gasteiger charge is -2.30. The van der Waals surface area contributed by atoms with Gasteiger partial charge in [0.1, 0.15) is 5.82 Å². The molecule has 0 atom stereocenters. The molecule has 0 amide bonds. The maximum absolute atomic E-state index is 4.78. The van der Waals surface area contributed by atoms with Crippen LogP contribution in [-0.4, -0.2) is 42.5 Å². The minimum absolute atomic E-state index is 0.498. The summed E-state index contributed by atoms with van der Waals surface area (Å²) in [6.45, 7) is 9.15. The highest BCUT2D eigenvalue weighted by molar-refractivity contribution is 7.06. The van der Waals surface area contributed by atoms with Crippen molar-refractivity contribution in [1.29, 1.82) is 0 Å². The maximum atomic E-state index is 4.78. The normalized spacial score (nSPS) is 15.8. The Morgan fingerprint density at radius 1 is 1.07 bits per heavy atom. The van der Waals surface area contributed by atoms with Gasteiger partial charge in [-0.25, -0.2) is 9.97 Å². The molecular weight excluding hydrogens is 392 g/mol. The summed E-state index contributed by atoms with van der Waals surface area (Å²) < 4.78 is 4.46. The molecule has 154 valence electrons. The van der Waals surface area contributed by atoms with Crippen LogP contribution in [0, 0.1) is 20.8 Å². The number of hydrogen-bond donors (Lipinski definition) is 1. The fourth-order valence-corrected chi connectivity index (χ4v) is 5.21. The molecule has 0 bridgehead atoms. The van der Waals surface area contributed by atoms with Gasteiger partial charge in [0.15, 0.2) is 0 Å². The third-order valence-electron chi connectivity index (χ3n) is 6.11. The van der Waals surface area contributed by atoms with E-state index in [1.165, 1.54) is 16.1 Å². The number of piperidine rings is 1. The average molecular weight is 419 g/mol. The van der Waals surface area contributed by atoms with E-state index in [1.54, 1.807) is 11.5 Å². The molecule has 1 aromatic carbocycles. The number of H-pyrrole nitrogens is 1. The van der Waals surface area contributed by atoms with Gasteiger partial charge in [0.25, 0.3) is 0 Å². The second-order valence-corrected chi connectivity index (χ2v) is 9.18. The van der Waals surface area contributed by atoms with Crippen LogP contribution >= 0.6 is 11.5 Å². The van der Waals surface area contributed by atoms with Gasteiger partial charge < -0.3 is 0 Å². The Kier molecular flexibility index (Phi) is 5.08. The van der Waals surface area contributed by atoms with Gasteiger partial charge in [-0.2, -0.15) is 9.47 Å². The number of fused-ring (bicyclic) bond motifs is 1. The van der Waals surface area contributed by atoms with Crippen molar-refractivity contribution < 1.29 is 0 Å². The predicted molar refractivity (Wildman–Crippen MR) is 121 cm³/mol. The zero-order chi connectivity index (χ0) is 20.7. The van der Waals surface area contributed by atoms with Crippen LogP contribution in [0.5, 0.6) is 0 Å². The third-order valence-corrected chi connectivity index (χ3v) is 6.95. The van der Waals surface area contributed by atoms with E-state index in [1.807, 2.05) is 12.1 Å². The number of nitrogens with one attached hydrogen (secondary N) is 1. The molecular formula is C23H26N6S. The summed E-state index contributed by atoms with van der Waals surface area (Å²) in [5.41, 5.74) is 6.65. The van der Waals surface area contributed by atoms with Gasteiger partial charge in [-0.1, -0.05) is 18.2 Å². The van der Waals surface area contributed by atoms with E-state index in [-0.39, 0.29) is 0 Å². The number of hydrogen-bond acceptors (Lipinski definition) is 6. The number of likely N-dealkylation sites (tertiary alicyclic amines) is 1. The summed E-state index contributed by atoms with van der Waals surface area (Å²) in [7, 11) is 0. The van der Waals surface area contributed by atoms with Crippen LogP contribution in [0.3, 0.4) is 0 Å². The van der Waals surface area contributed by atoms with Crippen LogP contribution in [0.15, 0.2) is 30.3 Å². The first-order valence-electron chi connectivity index (χ1n) is 10.5. The molecule has 0 saturated carbocycles. The Labute approximate surface area is 180 Å². The maximum Gasteiger partial charge on any atom is 0.143 e. The molecule has 1 saturated heterocycles. The van der Waals surface area contributed by atoms with Crippen molar-refractivity contribution >= 4 is 22.4 Å². The van der Waals surface area contributed by atoms with Crippen LogP contribution in [0.25, 0.3) is 22.2 Å². The summed E-state index contributed by atoms with van der Waals surface area (Å²) in [4.78, 5) is 13.2. The highest BCUT2D eigenvalue weighted by Crippen LogP contribution is 2.33. The third kappa shape index (κ3) is 3.63. The first-order chi connectivity index (χ1) is 14.6. The minimum Gasteiger partial charge on any atom is -0.296 e. The zero-order valence-electron chi connectivity index (χ0n) is 17.6. The quantitative estimate of drug-likeness (QED) is 0.516. The second kappa shape index (κ2) is 7.89. The molecule has 1 aliphatic rings. The SMILES string of the molecule is Cc1nsc(C)c1-c1cc(C2CCN(Cc3nc(C)c4ccccc4n3)CC2)n[nH]1. The van der Waals surface area contributed by atoms with Crippen molar-refractivity contribution in [3.63, 3.8) is 0 Å². The molecule has 4 heterocycles. The minimum atomic E-state index is 0.498. The number of aryl methyl sites for hydroxylation is 3. The average Bonchev–Trinajstić information content (AvgIpc) is 3.35. The summed E-state index contributed by atoms with van der Waals surface area (Å²) in [6, 6.07) is 10.5. The molecule has 5 rings (SSSR count). The molecule has 0 unspecified atom stereocenters. The van der Waals surface area contributed by atoms with Crippen LogP contribution < -0.4 is 0 Å². The topological polar surface area (TPSA) is 70.6 Å². The van der Waals surface area contributed by atoms with Gasteiger partial charge in [-0.15, -0.1) is 0 Å². The number of rotatable bonds is 4. The van der Waals surface area contributed by atoms with E-state index in [0.717, 1.165) is 66.3 Å². The number of para-hydroxylation sites is 1. The Hall–Kier alpha value is -2.64. The Balaban J connectivity index is 1.25. The molecule has 0 spiro atoms. The van der Waals surface area contributed by atoms with Crippen molar-refractivity contribution in [3.05, 3.63) is 58.1 Å². The smallest absolute Gasteiger partial charge is 0.143 e. The van der Waals surface area contributed by atoms with E-state index in [2.05, 4.69) is 58.4 Å². The van der Waals surface area contributed by atoms with Gasteiger partial charge in [0.05, 0.1) is 29.1 Å². The lowest BCUT2D eigenvalue weighted by molar-refractivity contribution is 0.199. The first kappa shape index (κ1) is 19.3. The zero-order valence-corrected chi connectivity index (χ0v) is 18.5. The summed E-state index contributed by atoms with van der Waals surface area (Å²) in [6.07, 6.45) is 2.22. The fraction of sp³-hybridized carbons (Fsp3) is 0.391. The lowest BCUT2D eigenvalue weighted by atomic mass is 9.93.